The Morgan fingerprint density at radius 3 is 2.22 bits per heavy atom. The summed E-state index contributed by atoms with van der Waals surface area (Å²) in [6.45, 7) is 1.59. The number of rotatable bonds is 8. The van der Waals surface area contributed by atoms with Gasteiger partial charge in [-0.15, -0.1) is 0 Å². The summed E-state index contributed by atoms with van der Waals surface area (Å²) in [5, 5.41) is 2.89. The molecule has 1 fully saturated rings. The first-order valence-electron chi connectivity index (χ1n) is 8.93. The fourth-order valence-corrected chi connectivity index (χ4v) is 2.52. The van der Waals surface area contributed by atoms with Crippen LogP contribution < -0.4 is 14.8 Å². The molecule has 3 rings (SSSR count). The summed E-state index contributed by atoms with van der Waals surface area (Å²) in [7, 11) is 1.58. The summed E-state index contributed by atoms with van der Waals surface area (Å²) >= 11 is 0. The van der Waals surface area contributed by atoms with Crippen molar-refractivity contribution in [3.05, 3.63) is 60.2 Å². The van der Waals surface area contributed by atoms with E-state index in [1.54, 1.807) is 62.6 Å². The van der Waals surface area contributed by atoms with Gasteiger partial charge in [-0.05, 0) is 44.0 Å². The zero-order valence-corrected chi connectivity index (χ0v) is 15.4. The topological polar surface area (TPSA) is 73.9 Å². The lowest BCUT2D eigenvalue weighted by Crippen LogP contribution is -2.36. The number of hydrogen-bond donors (Lipinski definition) is 1. The molecule has 2 atom stereocenters. The highest BCUT2D eigenvalue weighted by Gasteiger charge is 2.32. The normalized spacial score (nSPS) is 15.3. The van der Waals surface area contributed by atoms with E-state index in [0.717, 1.165) is 12.8 Å². The third kappa shape index (κ3) is 5.23. The van der Waals surface area contributed by atoms with Crippen molar-refractivity contribution < 1.29 is 23.8 Å². The van der Waals surface area contributed by atoms with E-state index < -0.39 is 18.2 Å². The molecule has 142 valence electrons. The molecule has 1 saturated carbocycles. The van der Waals surface area contributed by atoms with Gasteiger partial charge in [0.2, 0.25) is 6.10 Å². The molecule has 6 nitrogen and oxygen atoms in total. The molecule has 2 aromatic rings. The standard InChI is InChI=1S/C21H23NO5/c1-14(26-18-12-10-17(25-2)11-13-18)21(24)27-19(15-6-4-3-5-7-15)20(23)22-16-8-9-16/h3-7,10-14,16,19H,8-9H2,1-2H3,(H,22,23)/t14-,19+/m0/s1. The van der Waals surface area contributed by atoms with Gasteiger partial charge in [0.25, 0.3) is 5.91 Å². The largest absolute Gasteiger partial charge is 0.497 e. The van der Waals surface area contributed by atoms with Crippen molar-refractivity contribution in [2.45, 2.75) is 38.0 Å². The lowest BCUT2D eigenvalue weighted by atomic mass is 10.1. The Morgan fingerprint density at radius 2 is 1.63 bits per heavy atom. The average molecular weight is 369 g/mol. The van der Waals surface area contributed by atoms with Crippen molar-refractivity contribution in [2.24, 2.45) is 0 Å². The van der Waals surface area contributed by atoms with Crippen molar-refractivity contribution in [2.75, 3.05) is 7.11 Å². The second-order valence-electron chi connectivity index (χ2n) is 6.45. The fourth-order valence-electron chi connectivity index (χ4n) is 2.52. The maximum atomic E-state index is 12.5. The Bertz CT molecular complexity index is 771. The molecule has 0 unspecified atom stereocenters. The van der Waals surface area contributed by atoms with E-state index in [-0.39, 0.29) is 11.9 Å². The molecule has 1 amide bonds. The number of ether oxygens (including phenoxy) is 3. The number of nitrogens with one attached hydrogen (secondary N) is 1. The van der Waals surface area contributed by atoms with Crippen LogP contribution >= 0.6 is 0 Å². The summed E-state index contributed by atoms with van der Waals surface area (Å²) in [6, 6.07) is 16.0. The van der Waals surface area contributed by atoms with Gasteiger partial charge in [0.1, 0.15) is 11.5 Å². The number of esters is 1. The lowest BCUT2D eigenvalue weighted by Gasteiger charge is -2.21. The van der Waals surface area contributed by atoms with Gasteiger partial charge < -0.3 is 19.5 Å². The molecule has 0 spiro atoms. The van der Waals surface area contributed by atoms with Crippen LogP contribution in [0.4, 0.5) is 0 Å². The predicted octanol–water partition coefficient (Wildman–Crippen LogP) is 3.03. The van der Waals surface area contributed by atoms with Crippen LogP contribution in [0, 0.1) is 0 Å². The first kappa shape index (κ1) is 18.8. The SMILES string of the molecule is COc1ccc(O[C@@H](C)C(=O)O[C@@H](C(=O)NC2CC2)c2ccccc2)cc1. The fraction of sp³-hybridized carbons (Fsp3) is 0.333. The lowest BCUT2D eigenvalue weighted by molar-refractivity contribution is -0.162. The first-order valence-corrected chi connectivity index (χ1v) is 8.93. The number of carbonyl (C=O) groups excluding carboxylic acids is 2. The molecular formula is C21H23NO5. The third-order valence-corrected chi connectivity index (χ3v) is 4.20. The second-order valence-corrected chi connectivity index (χ2v) is 6.45. The van der Waals surface area contributed by atoms with Crippen molar-refractivity contribution in [1.82, 2.24) is 5.32 Å². The highest BCUT2D eigenvalue weighted by atomic mass is 16.6. The van der Waals surface area contributed by atoms with Gasteiger partial charge in [-0.1, -0.05) is 30.3 Å². The number of benzene rings is 2. The quantitative estimate of drug-likeness (QED) is 0.724. The molecule has 1 aliphatic rings. The highest BCUT2D eigenvalue weighted by Crippen LogP contribution is 2.24. The predicted molar refractivity (Wildman–Crippen MR) is 99.5 cm³/mol. The molecular weight excluding hydrogens is 346 g/mol. The summed E-state index contributed by atoms with van der Waals surface area (Å²) in [6.07, 6.45) is 0.0515. The van der Waals surface area contributed by atoms with Gasteiger partial charge in [0, 0.05) is 11.6 Å². The first-order chi connectivity index (χ1) is 13.1. The van der Waals surface area contributed by atoms with E-state index in [4.69, 9.17) is 14.2 Å². The molecule has 0 bridgehead atoms. The maximum Gasteiger partial charge on any atom is 0.348 e. The molecule has 0 aromatic heterocycles. The minimum Gasteiger partial charge on any atom is -0.497 e. The van der Waals surface area contributed by atoms with E-state index >= 15 is 0 Å². The van der Waals surface area contributed by atoms with Crippen LogP contribution in [-0.4, -0.2) is 31.1 Å². The second kappa shape index (κ2) is 8.58. The molecule has 27 heavy (non-hydrogen) atoms. The minimum absolute atomic E-state index is 0.176. The Labute approximate surface area is 158 Å². The zero-order chi connectivity index (χ0) is 19.2. The van der Waals surface area contributed by atoms with Crippen molar-refractivity contribution in [3.63, 3.8) is 0 Å². The zero-order valence-electron chi connectivity index (χ0n) is 15.4. The maximum absolute atomic E-state index is 12.5. The summed E-state index contributed by atoms with van der Waals surface area (Å²) in [4.78, 5) is 25.0. The van der Waals surface area contributed by atoms with E-state index in [1.165, 1.54) is 0 Å². The van der Waals surface area contributed by atoms with Gasteiger partial charge in [0.15, 0.2) is 6.10 Å². The molecule has 0 saturated heterocycles. The number of carbonyl (C=O) groups is 2. The van der Waals surface area contributed by atoms with Crippen molar-refractivity contribution in [3.8, 4) is 11.5 Å². The van der Waals surface area contributed by atoms with Gasteiger partial charge in [0.05, 0.1) is 7.11 Å². The van der Waals surface area contributed by atoms with E-state index in [1.807, 2.05) is 6.07 Å². The van der Waals surface area contributed by atoms with Crippen LogP contribution in [0.5, 0.6) is 11.5 Å². The van der Waals surface area contributed by atoms with Gasteiger partial charge in [-0.3, -0.25) is 4.79 Å². The number of methoxy groups -OCH3 is 1. The van der Waals surface area contributed by atoms with Gasteiger partial charge in [-0.25, -0.2) is 4.79 Å². The molecule has 0 aliphatic heterocycles. The van der Waals surface area contributed by atoms with E-state index in [2.05, 4.69) is 5.32 Å². The minimum atomic E-state index is -0.999. The third-order valence-electron chi connectivity index (χ3n) is 4.20. The Kier molecular flexibility index (Phi) is 5.96. The molecule has 0 radical (unpaired) electrons. The smallest absolute Gasteiger partial charge is 0.348 e. The van der Waals surface area contributed by atoms with Crippen LogP contribution in [-0.2, 0) is 14.3 Å². The molecule has 2 aromatic carbocycles. The van der Waals surface area contributed by atoms with E-state index in [0.29, 0.717) is 17.1 Å². The summed E-state index contributed by atoms with van der Waals surface area (Å²) < 4.78 is 16.2. The highest BCUT2D eigenvalue weighted by molar-refractivity contribution is 5.86. The summed E-state index contributed by atoms with van der Waals surface area (Å²) in [5.41, 5.74) is 0.626. The Balaban J connectivity index is 1.66. The number of amides is 1. The van der Waals surface area contributed by atoms with E-state index in [9.17, 15) is 9.59 Å². The molecule has 6 heteroatoms. The Morgan fingerprint density at radius 1 is 1.00 bits per heavy atom. The average Bonchev–Trinajstić information content (AvgIpc) is 3.51. The van der Waals surface area contributed by atoms with Crippen LogP contribution in [0.15, 0.2) is 54.6 Å². The Hall–Kier alpha value is -3.02. The van der Waals surface area contributed by atoms with Crippen molar-refractivity contribution in [1.29, 1.82) is 0 Å². The van der Waals surface area contributed by atoms with Crippen LogP contribution in [0.3, 0.4) is 0 Å². The number of hydrogen-bond acceptors (Lipinski definition) is 5. The van der Waals surface area contributed by atoms with Gasteiger partial charge >= 0.3 is 5.97 Å². The van der Waals surface area contributed by atoms with Crippen molar-refractivity contribution >= 4 is 11.9 Å². The monoisotopic (exact) mass is 369 g/mol. The summed E-state index contributed by atoms with van der Waals surface area (Å²) in [5.74, 6) is 0.289. The molecule has 1 N–H and O–H groups in total. The van der Waals surface area contributed by atoms with Gasteiger partial charge in [-0.2, -0.15) is 0 Å². The molecule has 1 aliphatic carbocycles. The van der Waals surface area contributed by atoms with Crippen LogP contribution in [0.25, 0.3) is 0 Å². The van der Waals surface area contributed by atoms with Crippen LogP contribution in [0.1, 0.15) is 31.4 Å². The van der Waals surface area contributed by atoms with Crippen LogP contribution in [0.2, 0.25) is 0 Å². The molecule has 0 heterocycles.